The monoisotopic (exact) mass is 392 g/mol. The largest absolute Gasteiger partial charge is 0.320 e. The summed E-state index contributed by atoms with van der Waals surface area (Å²) in [6.07, 6.45) is 9.66. The molecule has 1 aliphatic heterocycles. The van der Waals surface area contributed by atoms with Gasteiger partial charge in [0.05, 0.1) is 11.3 Å². The van der Waals surface area contributed by atoms with Crippen LogP contribution >= 0.6 is 0 Å². The van der Waals surface area contributed by atoms with Gasteiger partial charge in [-0.3, -0.25) is 10.1 Å². The minimum absolute atomic E-state index is 0.0201. The first-order chi connectivity index (χ1) is 14.1. The maximum Gasteiger partial charge on any atom is 0.271 e. The van der Waals surface area contributed by atoms with Crippen LogP contribution in [0.4, 0.5) is 15.8 Å². The number of nitrogens with zero attached hydrogens (tertiary/aromatic N) is 4. The van der Waals surface area contributed by atoms with E-state index in [1.54, 1.807) is 30.7 Å². The van der Waals surface area contributed by atoms with Gasteiger partial charge in [-0.05, 0) is 42.7 Å². The molecule has 2 aromatic carbocycles. The normalized spacial score (nSPS) is 15.7. The summed E-state index contributed by atoms with van der Waals surface area (Å²) in [6.45, 7) is 2.12. The number of hydrogen-bond donors (Lipinski definition) is 0. The lowest BCUT2D eigenvalue weighted by Crippen LogP contribution is -2.35. The predicted octanol–water partition coefficient (Wildman–Crippen LogP) is 5.53. The molecule has 0 aliphatic carbocycles. The smallest absolute Gasteiger partial charge is 0.271 e. The fraction of sp³-hybridized carbons (Fsp3) is 0.227. The average Bonchev–Trinajstić information content (AvgIpc) is 3.25. The van der Waals surface area contributed by atoms with Gasteiger partial charge < -0.3 is 9.47 Å². The van der Waals surface area contributed by atoms with Gasteiger partial charge in [-0.25, -0.2) is 9.37 Å². The van der Waals surface area contributed by atoms with Crippen molar-refractivity contribution in [2.75, 3.05) is 4.90 Å². The number of benzene rings is 2. The second-order valence-electron chi connectivity index (χ2n) is 7.04. The summed E-state index contributed by atoms with van der Waals surface area (Å²) >= 11 is 0. The third-order valence-corrected chi connectivity index (χ3v) is 5.12. The zero-order valence-corrected chi connectivity index (χ0v) is 16.0. The Kier molecular flexibility index (Phi) is 5.12. The second-order valence-corrected chi connectivity index (χ2v) is 7.04. The molecule has 1 aromatic heterocycles. The molecule has 0 saturated heterocycles. The Morgan fingerprint density at radius 1 is 1.24 bits per heavy atom. The van der Waals surface area contributed by atoms with Crippen molar-refractivity contribution in [3.8, 4) is 0 Å². The van der Waals surface area contributed by atoms with E-state index >= 15 is 0 Å². The molecule has 1 unspecified atom stereocenters. The first kappa shape index (κ1) is 18.9. The van der Waals surface area contributed by atoms with Crippen molar-refractivity contribution in [1.29, 1.82) is 0 Å². The number of nitro benzene ring substituents is 1. The number of imidazole rings is 1. The van der Waals surface area contributed by atoms with Crippen molar-refractivity contribution in [3.63, 3.8) is 0 Å². The fourth-order valence-electron chi connectivity index (χ4n) is 3.77. The molecule has 0 amide bonds. The van der Waals surface area contributed by atoms with Gasteiger partial charge in [0.25, 0.3) is 5.69 Å². The molecule has 7 heteroatoms. The van der Waals surface area contributed by atoms with Crippen LogP contribution in [-0.4, -0.2) is 14.5 Å². The molecule has 0 fully saturated rings. The molecule has 3 aromatic rings. The van der Waals surface area contributed by atoms with Gasteiger partial charge in [-0.1, -0.05) is 25.5 Å². The second kappa shape index (κ2) is 7.87. The summed E-state index contributed by atoms with van der Waals surface area (Å²) in [4.78, 5) is 17.2. The molecule has 0 radical (unpaired) electrons. The summed E-state index contributed by atoms with van der Waals surface area (Å²) in [6, 6.07) is 11.3. The lowest BCUT2D eigenvalue weighted by Gasteiger charge is -2.40. The quantitative estimate of drug-likeness (QED) is 0.409. The number of non-ortho nitro benzene ring substituents is 1. The molecule has 4 rings (SSSR count). The molecule has 29 heavy (non-hydrogen) atoms. The van der Waals surface area contributed by atoms with E-state index in [1.807, 2.05) is 21.7 Å². The number of nitro groups is 1. The molecule has 2 heterocycles. The van der Waals surface area contributed by atoms with Crippen LogP contribution in [0.2, 0.25) is 0 Å². The van der Waals surface area contributed by atoms with Crippen LogP contribution in [0.3, 0.4) is 0 Å². The average molecular weight is 392 g/mol. The van der Waals surface area contributed by atoms with Crippen LogP contribution in [-0.2, 0) is 0 Å². The van der Waals surface area contributed by atoms with E-state index in [0.29, 0.717) is 5.69 Å². The van der Waals surface area contributed by atoms with Crippen LogP contribution in [0.1, 0.15) is 43.5 Å². The first-order valence-electron chi connectivity index (χ1n) is 9.59. The molecular formula is C22H21FN4O2. The van der Waals surface area contributed by atoms with E-state index < -0.39 is 4.92 Å². The van der Waals surface area contributed by atoms with Gasteiger partial charge in [0.1, 0.15) is 12.0 Å². The topological polar surface area (TPSA) is 64.2 Å². The third kappa shape index (κ3) is 3.63. The van der Waals surface area contributed by atoms with Crippen molar-refractivity contribution in [1.82, 2.24) is 9.55 Å². The van der Waals surface area contributed by atoms with E-state index in [-0.39, 0.29) is 17.7 Å². The highest BCUT2D eigenvalue weighted by atomic mass is 19.1. The standard InChI is InChI=1S/C22H21FN4O2/c1-2-3-5-18-12-16-8-9-17(23)13-21(16)22(25-11-10-24-15-25)26(18)19-6-4-7-20(14-19)27(28)29/h4,6-15,22H,2-3,5H2,1H3. The van der Waals surface area contributed by atoms with Crippen LogP contribution < -0.4 is 4.90 Å². The van der Waals surface area contributed by atoms with Crippen LogP contribution in [0, 0.1) is 15.9 Å². The van der Waals surface area contributed by atoms with Crippen LogP contribution in [0.25, 0.3) is 6.08 Å². The molecule has 0 saturated carbocycles. The Labute approximate surface area is 168 Å². The summed E-state index contributed by atoms with van der Waals surface area (Å²) in [5.74, 6) is -0.321. The van der Waals surface area contributed by atoms with Crippen molar-refractivity contribution in [2.45, 2.75) is 32.4 Å². The zero-order valence-electron chi connectivity index (χ0n) is 16.0. The van der Waals surface area contributed by atoms with Gasteiger partial charge in [-0.15, -0.1) is 0 Å². The maximum absolute atomic E-state index is 14.2. The summed E-state index contributed by atoms with van der Waals surface area (Å²) in [7, 11) is 0. The van der Waals surface area contributed by atoms with E-state index in [0.717, 1.165) is 36.1 Å². The molecule has 6 nitrogen and oxygen atoms in total. The maximum atomic E-state index is 14.2. The number of aromatic nitrogens is 2. The number of fused-ring (bicyclic) bond motifs is 1. The molecule has 148 valence electrons. The SMILES string of the molecule is CCCCC1=Cc2ccc(F)cc2C(n2ccnc2)N1c1cccc([N+](=O)[O-])c1. The Bertz CT molecular complexity index is 1060. The van der Waals surface area contributed by atoms with Crippen molar-refractivity contribution in [3.05, 3.63) is 93.9 Å². The van der Waals surface area contributed by atoms with Crippen LogP contribution in [0.15, 0.2) is 66.9 Å². The summed E-state index contributed by atoms with van der Waals surface area (Å²) in [5, 5.41) is 11.4. The van der Waals surface area contributed by atoms with E-state index in [9.17, 15) is 14.5 Å². The molecular weight excluding hydrogens is 371 g/mol. The Morgan fingerprint density at radius 2 is 2.10 bits per heavy atom. The molecule has 0 spiro atoms. The van der Waals surface area contributed by atoms with Crippen molar-refractivity contribution in [2.24, 2.45) is 0 Å². The number of rotatable bonds is 6. The van der Waals surface area contributed by atoms with Gasteiger partial charge in [-0.2, -0.15) is 0 Å². The number of allylic oxidation sites excluding steroid dienone is 1. The third-order valence-electron chi connectivity index (χ3n) is 5.12. The van der Waals surface area contributed by atoms with Gasteiger partial charge >= 0.3 is 0 Å². The number of hydrogen-bond acceptors (Lipinski definition) is 4. The lowest BCUT2D eigenvalue weighted by molar-refractivity contribution is -0.384. The van der Waals surface area contributed by atoms with Gasteiger partial charge in [0.15, 0.2) is 0 Å². The number of anilines is 1. The van der Waals surface area contributed by atoms with Crippen molar-refractivity contribution < 1.29 is 9.31 Å². The lowest BCUT2D eigenvalue weighted by atomic mass is 9.95. The highest BCUT2D eigenvalue weighted by molar-refractivity contribution is 5.71. The fourth-order valence-corrected chi connectivity index (χ4v) is 3.77. The Hall–Kier alpha value is -3.48. The van der Waals surface area contributed by atoms with Gasteiger partial charge in [0.2, 0.25) is 0 Å². The minimum atomic E-state index is -0.400. The minimum Gasteiger partial charge on any atom is -0.320 e. The predicted molar refractivity (Wildman–Crippen MR) is 110 cm³/mol. The zero-order chi connectivity index (χ0) is 20.4. The van der Waals surface area contributed by atoms with E-state index in [2.05, 4.69) is 18.0 Å². The summed E-state index contributed by atoms with van der Waals surface area (Å²) < 4.78 is 16.1. The molecule has 1 atom stereocenters. The van der Waals surface area contributed by atoms with Gasteiger partial charge in [0, 0.05) is 41.5 Å². The highest BCUT2D eigenvalue weighted by Crippen LogP contribution is 2.41. The molecule has 0 N–H and O–H groups in total. The van der Waals surface area contributed by atoms with E-state index in [4.69, 9.17) is 0 Å². The Morgan fingerprint density at radius 3 is 2.83 bits per heavy atom. The van der Waals surface area contributed by atoms with E-state index in [1.165, 1.54) is 18.2 Å². The first-order valence-corrected chi connectivity index (χ1v) is 9.59. The van der Waals surface area contributed by atoms with Crippen molar-refractivity contribution >= 4 is 17.5 Å². The number of halogens is 1. The van der Waals surface area contributed by atoms with Crippen LogP contribution in [0.5, 0.6) is 0 Å². The Balaban J connectivity index is 1.93. The highest BCUT2D eigenvalue weighted by Gasteiger charge is 2.31. The summed E-state index contributed by atoms with van der Waals surface area (Å²) in [5.41, 5.74) is 3.47. The number of unbranched alkanes of at least 4 members (excludes halogenated alkanes) is 1. The molecule has 1 aliphatic rings. The molecule has 0 bridgehead atoms.